The zero-order valence-electron chi connectivity index (χ0n) is 14.0. The van der Waals surface area contributed by atoms with E-state index in [1.807, 2.05) is 51.1 Å². The van der Waals surface area contributed by atoms with E-state index in [0.717, 1.165) is 17.0 Å². The van der Waals surface area contributed by atoms with Crippen LogP contribution in [-0.4, -0.2) is 32.8 Å². The van der Waals surface area contributed by atoms with Gasteiger partial charge in [0.1, 0.15) is 6.04 Å². The molecule has 1 N–H and O–H groups in total. The van der Waals surface area contributed by atoms with Crippen molar-refractivity contribution in [2.45, 2.75) is 33.4 Å². The molecule has 0 aliphatic carbocycles. The molecule has 1 saturated heterocycles. The maximum atomic E-state index is 12.5. The van der Waals surface area contributed by atoms with Crippen molar-refractivity contribution in [3.05, 3.63) is 48.3 Å². The summed E-state index contributed by atoms with van der Waals surface area (Å²) in [4.78, 5) is 34.4. The van der Waals surface area contributed by atoms with Crippen LogP contribution >= 0.6 is 0 Å². The first-order valence-electron chi connectivity index (χ1n) is 7.84. The molecule has 3 heterocycles. The van der Waals surface area contributed by atoms with E-state index >= 15 is 0 Å². The molecular formula is C18H20N4O2. The first-order valence-corrected chi connectivity index (χ1v) is 7.84. The molecule has 3 rings (SSSR count). The lowest BCUT2D eigenvalue weighted by Gasteiger charge is -2.24. The number of pyridine rings is 2. The lowest BCUT2D eigenvalue weighted by Crippen LogP contribution is -2.41. The average molecular weight is 324 g/mol. The van der Waals surface area contributed by atoms with Gasteiger partial charge in [0.05, 0.1) is 17.9 Å². The third-order valence-corrected chi connectivity index (χ3v) is 3.98. The van der Waals surface area contributed by atoms with Crippen LogP contribution in [0.25, 0.3) is 11.4 Å². The van der Waals surface area contributed by atoms with Crippen LogP contribution in [-0.2, 0) is 11.3 Å². The van der Waals surface area contributed by atoms with Gasteiger partial charge in [0.15, 0.2) is 0 Å². The Hall–Kier alpha value is -2.76. The third kappa shape index (κ3) is 3.13. The first-order chi connectivity index (χ1) is 11.4. The zero-order chi connectivity index (χ0) is 17.3. The SMILES string of the molecule is CC(C)(C)C1NC(=O)N(Cc2ccc(-c3ccccn3)nc2)C1=O. The maximum absolute atomic E-state index is 12.5. The predicted molar refractivity (Wildman–Crippen MR) is 89.8 cm³/mol. The van der Waals surface area contributed by atoms with Crippen molar-refractivity contribution in [2.24, 2.45) is 5.41 Å². The minimum atomic E-state index is -0.495. The molecular weight excluding hydrogens is 304 g/mol. The molecule has 6 nitrogen and oxygen atoms in total. The van der Waals surface area contributed by atoms with Crippen LogP contribution in [0.15, 0.2) is 42.7 Å². The molecule has 1 atom stereocenters. The van der Waals surface area contributed by atoms with Gasteiger partial charge in [-0.2, -0.15) is 0 Å². The smallest absolute Gasteiger partial charge is 0.325 e. The molecule has 0 radical (unpaired) electrons. The number of nitrogens with zero attached hydrogens (tertiary/aromatic N) is 3. The van der Waals surface area contributed by atoms with Crippen molar-refractivity contribution >= 4 is 11.9 Å². The molecule has 24 heavy (non-hydrogen) atoms. The van der Waals surface area contributed by atoms with Gasteiger partial charge in [0, 0.05) is 12.4 Å². The van der Waals surface area contributed by atoms with Crippen LogP contribution in [0.2, 0.25) is 0 Å². The van der Waals surface area contributed by atoms with Crippen LogP contribution in [0, 0.1) is 5.41 Å². The minimum Gasteiger partial charge on any atom is -0.325 e. The van der Waals surface area contributed by atoms with Crippen molar-refractivity contribution < 1.29 is 9.59 Å². The summed E-state index contributed by atoms with van der Waals surface area (Å²) in [6, 6.07) is 8.49. The number of nitrogens with one attached hydrogen (secondary N) is 1. The Morgan fingerprint density at radius 3 is 2.38 bits per heavy atom. The zero-order valence-corrected chi connectivity index (χ0v) is 14.0. The van der Waals surface area contributed by atoms with E-state index in [9.17, 15) is 9.59 Å². The number of carbonyl (C=O) groups excluding carboxylic acids is 2. The average Bonchev–Trinajstić information content (AvgIpc) is 2.85. The largest absolute Gasteiger partial charge is 0.325 e. The summed E-state index contributed by atoms with van der Waals surface area (Å²) in [5.74, 6) is -0.193. The number of aromatic nitrogens is 2. The summed E-state index contributed by atoms with van der Waals surface area (Å²) in [5.41, 5.74) is 2.02. The van der Waals surface area contributed by atoms with Crippen LogP contribution in [0.5, 0.6) is 0 Å². The highest BCUT2D eigenvalue weighted by molar-refractivity contribution is 6.04. The van der Waals surface area contributed by atoms with E-state index in [1.165, 1.54) is 4.90 Å². The van der Waals surface area contributed by atoms with Gasteiger partial charge in [0.2, 0.25) is 0 Å². The molecule has 1 fully saturated rings. The second-order valence-corrected chi connectivity index (χ2v) is 6.94. The molecule has 2 aromatic heterocycles. The van der Waals surface area contributed by atoms with E-state index < -0.39 is 6.04 Å². The number of imide groups is 1. The summed E-state index contributed by atoms with van der Waals surface area (Å²) >= 11 is 0. The topological polar surface area (TPSA) is 75.2 Å². The Labute approximate surface area is 140 Å². The third-order valence-electron chi connectivity index (χ3n) is 3.98. The van der Waals surface area contributed by atoms with Crippen molar-refractivity contribution in [1.82, 2.24) is 20.2 Å². The Balaban J connectivity index is 1.75. The predicted octanol–water partition coefficient (Wildman–Crippen LogP) is 2.61. The summed E-state index contributed by atoms with van der Waals surface area (Å²) in [6.07, 6.45) is 3.39. The molecule has 124 valence electrons. The highest BCUT2D eigenvalue weighted by atomic mass is 16.2. The number of urea groups is 1. The van der Waals surface area contributed by atoms with Crippen LogP contribution < -0.4 is 5.32 Å². The number of hydrogen-bond donors (Lipinski definition) is 1. The van der Waals surface area contributed by atoms with Gasteiger partial charge >= 0.3 is 6.03 Å². The van der Waals surface area contributed by atoms with E-state index in [0.29, 0.717) is 0 Å². The number of carbonyl (C=O) groups is 2. The summed E-state index contributed by atoms with van der Waals surface area (Å²) < 4.78 is 0. The summed E-state index contributed by atoms with van der Waals surface area (Å²) in [5, 5.41) is 2.76. The molecule has 0 spiro atoms. The van der Waals surface area contributed by atoms with E-state index in [2.05, 4.69) is 15.3 Å². The molecule has 1 unspecified atom stereocenters. The first kappa shape index (κ1) is 16.1. The van der Waals surface area contributed by atoms with Crippen LogP contribution in [0.1, 0.15) is 26.3 Å². The minimum absolute atomic E-state index is 0.193. The highest BCUT2D eigenvalue weighted by Crippen LogP contribution is 2.26. The fourth-order valence-corrected chi connectivity index (χ4v) is 2.62. The van der Waals surface area contributed by atoms with E-state index in [1.54, 1.807) is 12.4 Å². The lowest BCUT2D eigenvalue weighted by atomic mass is 9.87. The molecule has 0 saturated carbocycles. The molecule has 0 aromatic carbocycles. The quantitative estimate of drug-likeness (QED) is 0.881. The summed E-state index contributed by atoms with van der Waals surface area (Å²) in [7, 11) is 0. The highest BCUT2D eigenvalue weighted by Gasteiger charge is 2.44. The van der Waals surface area contributed by atoms with Crippen molar-refractivity contribution in [3.63, 3.8) is 0 Å². The summed E-state index contributed by atoms with van der Waals surface area (Å²) in [6.45, 7) is 6.01. The van der Waals surface area contributed by atoms with Gasteiger partial charge in [-0.1, -0.05) is 32.9 Å². The second kappa shape index (κ2) is 6.03. The number of rotatable bonds is 3. The number of amides is 3. The van der Waals surface area contributed by atoms with Crippen LogP contribution in [0.3, 0.4) is 0 Å². The maximum Gasteiger partial charge on any atom is 0.325 e. The van der Waals surface area contributed by atoms with Gasteiger partial charge in [-0.25, -0.2) is 4.79 Å². The Morgan fingerprint density at radius 1 is 1.08 bits per heavy atom. The fourth-order valence-electron chi connectivity index (χ4n) is 2.62. The van der Waals surface area contributed by atoms with Gasteiger partial charge in [0.25, 0.3) is 5.91 Å². The second-order valence-electron chi connectivity index (χ2n) is 6.94. The van der Waals surface area contributed by atoms with Gasteiger partial charge in [-0.05, 0) is 29.2 Å². The standard InChI is InChI=1S/C18H20N4O2/c1-18(2,3)15-16(23)22(17(24)21-15)11-12-7-8-14(20-10-12)13-6-4-5-9-19-13/h4-10,15H,11H2,1-3H3,(H,21,24). The molecule has 2 aromatic rings. The van der Waals surface area contributed by atoms with Crippen molar-refractivity contribution in [1.29, 1.82) is 0 Å². The Kier molecular flexibility index (Phi) is 4.05. The lowest BCUT2D eigenvalue weighted by molar-refractivity contribution is -0.129. The van der Waals surface area contributed by atoms with E-state index in [4.69, 9.17) is 0 Å². The van der Waals surface area contributed by atoms with Gasteiger partial charge in [-0.3, -0.25) is 19.7 Å². The Morgan fingerprint density at radius 2 is 1.83 bits per heavy atom. The number of hydrogen-bond acceptors (Lipinski definition) is 4. The Bertz CT molecular complexity index is 751. The van der Waals surface area contributed by atoms with E-state index in [-0.39, 0.29) is 23.9 Å². The molecule has 3 amide bonds. The van der Waals surface area contributed by atoms with Crippen molar-refractivity contribution in [3.8, 4) is 11.4 Å². The van der Waals surface area contributed by atoms with Crippen LogP contribution in [0.4, 0.5) is 4.79 Å². The van der Waals surface area contributed by atoms with Gasteiger partial charge < -0.3 is 5.32 Å². The monoisotopic (exact) mass is 324 g/mol. The molecule has 0 bridgehead atoms. The fraction of sp³-hybridized carbons (Fsp3) is 0.333. The molecule has 6 heteroatoms. The molecule has 1 aliphatic rings. The normalized spacial score (nSPS) is 18.0. The van der Waals surface area contributed by atoms with Crippen molar-refractivity contribution in [2.75, 3.05) is 0 Å². The van der Waals surface area contributed by atoms with Gasteiger partial charge in [-0.15, -0.1) is 0 Å². The molecule has 1 aliphatic heterocycles.